The van der Waals surface area contributed by atoms with E-state index in [9.17, 15) is 9.59 Å². The fourth-order valence-electron chi connectivity index (χ4n) is 2.93. The second-order valence-electron chi connectivity index (χ2n) is 6.47. The molecule has 0 bridgehead atoms. The lowest BCUT2D eigenvalue weighted by atomic mass is 10.1. The maximum absolute atomic E-state index is 12.5. The third kappa shape index (κ3) is 5.52. The molecule has 0 atom stereocenters. The lowest BCUT2D eigenvalue weighted by Crippen LogP contribution is -2.19. The molecule has 0 aliphatic carbocycles. The van der Waals surface area contributed by atoms with Gasteiger partial charge in [0.15, 0.2) is 11.5 Å². The Labute approximate surface area is 185 Å². The predicted octanol–water partition coefficient (Wildman–Crippen LogP) is 4.33. The minimum atomic E-state index is -0.252. The molecule has 1 aromatic heterocycles. The average molecular weight is 438 g/mol. The van der Waals surface area contributed by atoms with Crippen LogP contribution in [0.3, 0.4) is 0 Å². The number of methoxy groups -OCH3 is 3. The Morgan fingerprint density at radius 1 is 0.935 bits per heavy atom. The minimum Gasteiger partial charge on any atom is -0.493 e. The van der Waals surface area contributed by atoms with Gasteiger partial charge in [0.05, 0.1) is 32.8 Å². The van der Waals surface area contributed by atoms with Gasteiger partial charge in [-0.05, 0) is 35.9 Å². The molecule has 0 radical (unpaired) electrons. The zero-order valence-corrected chi connectivity index (χ0v) is 18.3. The highest BCUT2D eigenvalue weighted by atomic mass is 32.1. The molecule has 3 rings (SSSR count). The summed E-state index contributed by atoms with van der Waals surface area (Å²) in [6, 6.07) is 16.3. The first-order chi connectivity index (χ1) is 15.0. The van der Waals surface area contributed by atoms with Crippen LogP contribution >= 0.6 is 11.3 Å². The molecule has 0 aliphatic heterocycles. The van der Waals surface area contributed by atoms with Crippen LogP contribution in [0.25, 0.3) is 6.08 Å². The zero-order valence-electron chi connectivity index (χ0n) is 17.5. The molecule has 0 saturated heterocycles. The molecule has 1 amide bonds. The largest absolute Gasteiger partial charge is 0.493 e. The van der Waals surface area contributed by atoms with Crippen molar-refractivity contribution in [3.63, 3.8) is 0 Å². The van der Waals surface area contributed by atoms with Gasteiger partial charge in [-0.3, -0.25) is 9.59 Å². The summed E-state index contributed by atoms with van der Waals surface area (Å²) in [5.41, 5.74) is 1.38. The summed E-state index contributed by atoms with van der Waals surface area (Å²) in [7, 11) is 4.61. The van der Waals surface area contributed by atoms with Crippen molar-refractivity contribution in [3.05, 3.63) is 81.6 Å². The van der Waals surface area contributed by atoms with Crippen molar-refractivity contribution in [2.75, 3.05) is 21.3 Å². The molecule has 0 saturated carbocycles. The van der Waals surface area contributed by atoms with Crippen LogP contribution in [-0.2, 0) is 11.3 Å². The van der Waals surface area contributed by atoms with E-state index in [1.807, 2.05) is 24.3 Å². The second-order valence-corrected chi connectivity index (χ2v) is 7.64. The molecule has 160 valence electrons. The van der Waals surface area contributed by atoms with Crippen molar-refractivity contribution in [3.8, 4) is 17.2 Å². The highest BCUT2D eigenvalue weighted by Gasteiger charge is 2.13. The van der Waals surface area contributed by atoms with Crippen LogP contribution in [0.1, 0.15) is 25.7 Å². The normalized spacial score (nSPS) is 10.7. The molecule has 0 spiro atoms. The fourth-order valence-corrected chi connectivity index (χ4v) is 3.84. The van der Waals surface area contributed by atoms with Crippen LogP contribution in [0.2, 0.25) is 0 Å². The molecule has 7 heteroatoms. The number of amides is 1. The number of hydrogen-bond donors (Lipinski definition) is 1. The highest BCUT2D eigenvalue weighted by molar-refractivity contribution is 7.14. The Kier molecular flexibility index (Phi) is 7.45. The number of nitrogens with one attached hydrogen (secondary N) is 1. The van der Waals surface area contributed by atoms with E-state index in [2.05, 4.69) is 5.32 Å². The number of rotatable bonds is 9. The first kappa shape index (κ1) is 22.1. The van der Waals surface area contributed by atoms with Crippen LogP contribution in [0, 0.1) is 0 Å². The Hall–Kier alpha value is -3.58. The van der Waals surface area contributed by atoms with Crippen molar-refractivity contribution >= 4 is 29.1 Å². The second kappa shape index (κ2) is 10.4. The van der Waals surface area contributed by atoms with Gasteiger partial charge in [-0.15, -0.1) is 11.3 Å². The Morgan fingerprint density at radius 3 is 2.23 bits per heavy atom. The SMILES string of the molecule is COc1cc(/C=C/C(=O)NCc2ccc(C(=O)c3ccccc3)s2)cc(OC)c1OC. The summed E-state index contributed by atoms with van der Waals surface area (Å²) >= 11 is 1.37. The summed E-state index contributed by atoms with van der Waals surface area (Å²) < 4.78 is 15.9. The molecule has 2 aromatic carbocycles. The van der Waals surface area contributed by atoms with Crippen molar-refractivity contribution in [1.29, 1.82) is 0 Å². The standard InChI is InChI=1S/C24H23NO5S/c1-28-19-13-16(14-20(29-2)24(19)30-3)9-12-22(26)25-15-18-10-11-21(31-18)23(27)17-7-5-4-6-8-17/h4-14H,15H2,1-3H3,(H,25,26)/b12-9+. The fraction of sp³-hybridized carbons (Fsp3) is 0.167. The van der Waals surface area contributed by atoms with E-state index < -0.39 is 0 Å². The Balaban J connectivity index is 1.61. The number of carbonyl (C=O) groups excluding carboxylic acids is 2. The maximum Gasteiger partial charge on any atom is 0.244 e. The number of benzene rings is 2. The number of ketones is 1. The average Bonchev–Trinajstić information content (AvgIpc) is 3.29. The lowest BCUT2D eigenvalue weighted by molar-refractivity contribution is -0.116. The van der Waals surface area contributed by atoms with Crippen molar-refractivity contribution in [2.24, 2.45) is 0 Å². The van der Waals surface area contributed by atoms with Gasteiger partial charge >= 0.3 is 0 Å². The summed E-state index contributed by atoms with van der Waals surface area (Å²) in [5.74, 6) is 1.24. The van der Waals surface area contributed by atoms with Crippen LogP contribution in [0.4, 0.5) is 0 Å². The molecule has 0 aliphatic rings. The number of hydrogen-bond acceptors (Lipinski definition) is 6. The van der Waals surface area contributed by atoms with E-state index in [0.29, 0.717) is 34.2 Å². The van der Waals surface area contributed by atoms with E-state index in [-0.39, 0.29) is 11.7 Å². The van der Waals surface area contributed by atoms with Crippen LogP contribution in [0.5, 0.6) is 17.2 Å². The molecular weight excluding hydrogens is 414 g/mol. The molecule has 3 aromatic rings. The van der Waals surface area contributed by atoms with E-state index in [1.165, 1.54) is 38.7 Å². The van der Waals surface area contributed by atoms with Gasteiger partial charge in [0.25, 0.3) is 0 Å². The number of ether oxygens (including phenoxy) is 3. The molecule has 31 heavy (non-hydrogen) atoms. The van der Waals surface area contributed by atoms with Crippen molar-refractivity contribution < 1.29 is 23.8 Å². The van der Waals surface area contributed by atoms with Gasteiger partial charge in [0.1, 0.15) is 0 Å². The summed E-state index contributed by atoms with van der Waals surface area (Å²) in [6.45, 7) is 0.338. The highest BCUT2D eigenvalue weighted by Crippen LogP contribution is 2.38. The molecular formula is C24H23NO5S. The molecule has 1 N–H and O–H groups in total. The molecule has 0 unspecified atom stereocenters. The van der Waals surface area contributed by atoms with Gasteiger partial charge < -0.3 is 19.5 Å². The first-order valence-corrected chi connectivity index (χ1v) is 10.3. The summed E-state index contributed by atoms with van der Waals surface area (Å²) in [4.78, 5) is 26.3. The number of carbonyl (C=O) groups is 2. The van der Waals surface area contributed by atoms with E-state index in [4.69, 9.17) is 14.2 Å². The Morgan fingerprint density at radius 2 is 1.61 bits per heavy atom. The van der Waals surface area contributed by atoms with Crippen LogP contribution < -0.4 is 19.5 Å². The summed E-state index contributed by atoms with van der Waals surface area (Å²) in [5, 5.41) is 2.83. The van der Waals surface area contributed by atoms with E-state index in [1.54, 1.807) is 36.4 Å². The third-order valence-corrected chi connectivity index (χ3v) is 5.56. The number of thiophene rings is 1. The molecule has 0 fully saturated rings. The molecule has 1 heterocycles. The van der Waals surface area contributed by atoms with Crippen LogP contribution in [0.15, 0.2) is 60.7 Å². The minimum absolute atomic E-state index is 0.0227. The maximum atomic E-state index is 12.5. The third-order valence-electron chi connectivity index (χ3n) is 4.47. The molecule has 6 nitrogen and oxygen atoms in total. The van der Waals surface area contributed by atoms with Crippen molar-refractivity contribution in [2.45, 2.75) is 6.54 Å². The smallest absolute Gasteiger partial charge is 0.244 e. The van der Waals surface area contributed by atoms with Gasteiger partial charge in [-0.2, -0.15) is 0 Å². The van der Waals surface area contributed by atoms with Crippen LogP contribution in [-0.4, -0.2) is 33.0 Å². The van der Waals surface area contributed by atoms with Crippen molar-refractivity contribution in [1.82, 2.24) is 5.32 Å². The van der Waals surface area contributed by atoms with Gasteiger partial charge in [0, 0.05) is 16.5 Å². The van der Waals surface area contributed by atoms with Gasteiger partial charge in [-0.25, -0.2) is 0 Å². The van der Waals surface area contributed by atoms with E-state index >= 15 is 0 Å². The summed E-state index contributed by atoms with van der Waals surface area (Å²) in [6.07, 6.45) is 3.10. The van der Waals surface area contributed by atoms with Gasteiger partial charge in [-0.1, -0.05) is 30.3 Å². The quantitative estimate of drug-likeness (QED) is 0.398. The van der Waals surface area contributed by atoms with Gasteiger partial charge in [0.2, 0.25) is 17.4 Å². The first-order valence-electron chi connectivity index (χ1n) is 9.50. The monoisotopic (exact) mass is 437 g/mol. The zero-order chi connectivity index (χ0) is 22.2. The lowest BCUT2D eigenvalue weighted by Gasteiger charge is -2.12. The Bertz CT molecular complexity index is 1060. The predicted molar refractivity (Wildman–Crippen MR) is 121 cm³/mol. The van der Waals surface area contributed by atoms with E-state index in [0.717, 1.165) is 10.4 Å². The topological polar surface area (TPSA) is 73.9 Å².